The van der Waals surface area contributed by atoms with E-state index in [1.807, 2.05) is 13.8 Å². The predicted octanol–water partition coefficient (Wildman–Crippen LogP) is 5.03. The lowest BCUT2D eigenvalue weighted by Crippen LogP contribution is -2.44. The van der Waals surface area contributed by atoms with Crippen molar-refractivity contribution in [3.8, 4) is 0 Å². The summed E-state index contributed by atoms with van der Waals surface area (Å²) >= 11 is 0. The normalized spacial score (nSPS) is 23.7. The number of ether oxygens (including phenoxy) is 1. The molecule has 1 aliphatic carbocycles. The zero-order valence-electron chi connectivity index (χ0n) is 13.1. The van der Waals surface area contributed by atoms with Crippen LogP contribution in [0.5, 0.6) is 0 Å². The summed E-state index contributed by atoms with van der Waals surface area (Å²) < 4.78 is 43.9. The summed E-state index contributed by atoms with van der Waals surface area (Å²) in [6, 6.07) is 0. The molecule has 0 aromatic heterocycles. The molecule has 5 heteroatoms. The van der Waals surface area contributed by atoms with Gasteiger partial charge in [-0.2, -0.15) is 13.2 Å². The maximum Gasteiger partial charge on any atom is 0.391 e. The van der Waals surface area contributed by atoms with Crippen molar-refractivity contribution in [1.82, 2.24) is 0 Å². The van der Waals surface area contributed by atoms with Crippen molar-refractivity contribution in [2.24, 2.45) is 11.8 Å². The van der Waals surface area contributed by atoms with Crippen LogP contribution in [-0.2, 0) is 9.53 Å². The van der Waals surface area contributed by atoms with Crippen LogP contribution in [-0.4, -0.2) is 17.7 Å². The summed E-state index contributed by atoms with van der Waals surface area (Å²) in [5, 5.41) is 0. The zero-order chi connectivity index (χ0) is 16.3. The average Bonchev–Trinajstić information content (AvgIpc) is 2.43. The van der Waals surface area contributed by atoms with Crippen LogP contribution in [0.15, 0.2) is 12.2 Å². The lowest BCUT2D eigenvalue weighted by atomic mass is 9.71. The number of rotatable bonds is 5. The second-order valence-corrected chi connectivity index (χ2v) is 6.03. The van der Waals surface area contributed by atoms with Crippen LogP contribution in [0.1, 0.15) is 59.3 Å². The lowest BCUT2D eigenvalue weighted by Gasteiger charge is -2.42. The Morgan fingerprint density at radius 2 is 1.52 bits per heavy atom. The maximum atomic E-state index is 12.7. The summed E-state index contributed by atoms with van der Waals surface area (Å²) in [6.45, 7) is 9.00. The Hall–Kier alpha value is -1.00. The van der Waals surface area contributed by atoms with Gasteiger partial charge in [0.15, 0.2) is 0 Å². The van der Waals surface area contributed by atoms with Gasteiger partial charge in [-0.15, -0.1) is 0 Å². The van der Waals surface area contributed by atoms with Crippen molar-refractivity contribution in [3.63, 3.8) is 0 Å². The number of hydrogen-bond acceptors (Lipinski definition) is 2. The van der Waals surface area contributed by atoms with Crippen molar-refractivity contribution in [3.05, 3.63) is 12.2 Å². The molecule has 0 aromatic carbocycles. The molecule has 2 nitrogen and oxygen atoms in total. The van der Waals surface area contributed by atoms with Crippen LogP contribution in [0.25, 0.3) is 0 Å². The Bertz CT molecular complexity index is 375. The summed E-state index contributed by atoms with van der Waals surface area (Å²) in [5.74, 6) is -1.66. The van der Waals surface area contributed by atoms with E-state index < -0.39 is 23.7 Å². The first kappa shape index (κ1) is 18.1. The summed E-state index contributed by atoms with van der Waals surface area (Å²) in [6.07, 6.45) is -1.72. The predicted molar refractivity (Wildman–Crippen MR) is 75.7 cm³/mol. The molecule has 0 atom stereocenters. The topological polar surface area (TPSA) is 26.3 Å². The van der Waals surface area contributed by atoms with Gasteiger partial charge in [-0.25, -0.2) is 4.79 Å². The van der Waals surface area contributed by atoms with Gasteiger partial charge in [-0.3, -0.25) is 0 Å². The molecule has 0 heterocycles. The third-order valence-electron chi connectivity index (χ3n) is 4.78. The first-order valence-electron chi connectivity index (χ1n) is 7.61. The zero-order valence-corrected chi connectivity index (χ0v) is 13.1. The SMILES string of the molecule is C=C(C)C(=O)OC(CC)(CC)C1CCC(C(F)(F)F)CC1. The fraction of sp³-hybridized carbons (Fsp3) is 0.812. The van der Waals surface area contributed by atoms with Gasteiger partial charge in [0.2, 0.25) is 0 Å². The molecular formula is C16H25F3O2. The third-order valence-corrected chi connectivity index (χ3v) is 4.78. The second-order valence-electron chi connectivity index (χ2n) is 6.03. The van der Waals surface area contributed by atoms with E-state index in [1.165, 1.54) is 0 Å². The highest BCUT2D eigenvalue weighted by Crippen LogP contribution is 2.45. The minimum Gasteiger partial charge on any atom is -0.455 e. The molecule has 0 unspecified atom stereocenters. The third kappa shape index (κ3) is 4.24. The van der Waals surface area contributed by atoms with E-state index in [9.17, 15) is 18.0 Å². The van der Waals surface area contributed by atoms with Gasteiger partial charge in [-0.1, -0.05) is 20.4 Å². The molecule has 0 spiro atoms. The maximum absolute atomic E-state index is 12.7. The summed E-state index contributed by atoms with van der Waals surface area (Å²) in [4.78, 5) is 11.8. The Morgan fingerprint density at radius 1 is 1.10 bits per heavy atom. The molecule has 0 amide bonds. The highest BCUT2D eigenvalue weighted by Gasteiger charge is 2.47. The number of hydrogen-bond donors (Lipinski definition) is 0. The van der Waals surface area contributed by atoms with Crippen LogP contribution in [0.3, 0.4) is 0 Å². The first-order valence-corrected chi connectivity index (χ1v) is 7.61. The highest BCUT2D eigenvalue weighted by atomic mass is 19.4. The monoisotopic (exact) mass is 306 g/mol. The van der Waals surface area contributed by atoms with E-state index in [4.69, 9.17) is 4.74 Å². The molecule has 0 aromatic rings. The van der Waals surface area contributed by atoms with E-state index in [2.05, 4.69) is 6.58 Å². The number of halogens is 3. The minimum atomic E-state index is -4.11. The van der Waals surface area contributed by atoms with E-state index in [0.717, 1.165) is 0 Å². The molecule has 1 saturated carbocycles. The fourth-order valence-electron chi connectivity index (χ4n) is 3.27. The molecule has 0 saturated heterocycles. The van der Waals surface area contributed by atoms with Gasteiger partial charge in [0.25, 0.3) is 0 Å². The molecule has 0 N–H and O–H groups in total. The van der Waals surface area contributed by atoms with E-state index in [-0.39, 0.29) is 18.8 Å². The molecule has 0 radical (unpaired) electrons. The molecule has 1 fully saturated rings. The molecule has 122 valence electrons. The molecule has 1 rings (SSSR count). The quantitative estimate of drug-likeness (QED) is 0.526. The van der Waals surface area contributed by atoms with Gasteiger partial charge >= 0.3 is 12.1 Å². The standard InChI is InChI=1S/C16H25F3O2/c1-5-15(6-2,21-14(20)11(3)4)12-7-9-13(10-8-12)16(17,18)19/h12-13H,3,5-10H2,1-2,4H3. The molecule has 0 aliphatic heterocycles. The van der Waals surface area contributed by atoms with Crippen molar-refractivity contribution < 1.29 is 22.7 Å². The number of alkyl halides is 3. The van der Waals surface area contributed by atoms with Crippen LogP contribution in [0.4, 0.5) is 13.2 Å². The van der Waals surface area contributed by atoms with Crippen molar-refractivity contribution in [2.45, 2.75) is 71.1 Å². The highest BCUT2D eigenvalue weighted by molar-refractivity contribution is 5.87. The van der Waals surface area contributed by atoms with Crippen LogP contribution < -0.4 is 0 Å². The van der Waals surface area contributed by atoms with Crippen LogP contribution >= 0.6 is 0 Å². The summed E-state index contributed by atoms with van der Waals surface area (Å²) in [5.41, 5.74) is -0.336. The van der Waals surface area contributed by atoms with Gasteiger partial charge in [-0.05, 0) is 51.4 Å². The molecular weight excluding hydrogens is 281 g/mol. The van der Waals surface area contributed by atoms with Crippen LogP contribution in [0, 0.1) is 11.8 Å². The smallest absolute Gasteiger partial charge is 0.391 e. The Balaban J connectivity index is 2.79. The Labute approximate surface area is 124 Å². The van der Waals surface area contributed by atoms with Crippen molar-refractivity contribution in [1.29, 1.82) is 0 Å². The van der Waals surface area contributed by atoms with Gasteiger partial charge in [0, 0.05) is 5.57 Å². The summed E-state index contributed by atoms with van der Waals surface area (Å²) in [7, 11) is 0. The number of carbonyl (C=O) groups excluding carboxylic acids is 1. The van der Waals surface area contributed by atoms with Gasteiger partial charge in [0.05, 0.1) is 5.92 Å². The number of esters is 1. The van der Waals surface area contributed by atoms with Crippen LogP contribution in [0.2, 0.25) is 0 Å². The first-order chi connectivity index (χ1) is 9.66. The molecule has 21 heavy (non-hydrogen) atoms. The Morgan fingerprint density at radius 3 is 1.86 bits per heavy atom. The van der Waals surface area contributed by atoms with Crippen molar-refractivity contribution >= 4 is 5.97 Å². The molecule has 1 aliphatic rings. The fourth-order valence-corrected chi connectivity index (χ4v) is 3.27. The van der Waals surface area contributed by atoms with E-state index >= 15 is 0 Å². The van der Waals surface area contributed by atoms with Crippen molar-refractivity contribution in [2.75, 3.05) is 0 Å². The average molecular weight is 306 g/mol. The molecule has 0 bridgehead atoms. The van der Waals surface area contributed by atoms with Gasteiger partial charge < -0.3 is 4.74 Å². The van der Waals surface area contributed by atoms with Gasteiger partial charge in [0.1, 0.15) is 5.60 Å². The van der Waals surface area contributed by atoms with E-state index in [1.54, 1.807) is 6.92 Å². The Kier molecular flexibility index (Phi) is 5.88. The minimum absolute atomic E-state index is 0.00519. The van der Waals surface area contributed by atoms with E-state index in [0.29, 0.717) is 31.3 Å². The largest absolute Gasteiger partial charge is 0.455 e. The second kappa shape index (κ2) is 6.84. The lowest BCUT2D eigenvalue weighted by molar-refractivity contribution is -0.193. The number of carbonyl (C=O) groups is 1.